The maximum atomic E-state index is 8.90. The van der Waals surface area contributed by atoms with Crippen LogP contribution in [0.25, 0.3) is 0 Å². The molecule has 2 atom stereocenters. The van der Waals surface area contributed by atoms with E-state index in [1.165, 1.54) is 6.20 Å². The number of nitrogens with zero attached hydrogens (tertiary/aromatic N) is 2. The fraction of sp³-hybridized carbons (Fsp3) is 0.538. The third-order valence-corrected chi connectivity index (χ3v) is 3.28. The van der Waals surface area contributed by atoms with Gasteiger partial charge < -0.3 is 9.47 Å². The van der Waals surface area contributed by atoms with Gasteiger partial charge in [-0.05, 0) is 19.9 Å². The van der Waals surface area contributed by atoms with Crippen molar-refractivity contribution < 1.29 is 9.47 Å². The molecule has 1 aliphatic heterocycles. The van der Waals surface area contributed by atoms with Gasteiger partial charge in [0.25, 0.3) is 0 Å². The molecule has 2 rings (SSSR count). The van der Waals surface area contributed by atoms with Crippen LogP contribution in [0.4, 0.5) is 0 Å². The Kier molecular flexibility index (Phi) is 4.05. The molecule has 0 saturated carbocycles. The topological polar surface area (TPSA) is 55.1 Å². The summed E-state index contributed by atoms with van der Waals surface area (Å²) in [5.74, 6) is 0.335. The van der Waals surface area contributed by atoms with Gasteiger partial charge in [0, 0.05) is 19.0 Å². The molecule has 4 nitrogen and oxygen atoms in total. The van der Waals surface area contributed by atoms with E-state index in [1.54, 1.807) is 6.07 Å². The molecule has 1 saturated heterocycles. The molecule has 0 radical (unpaired) electrons. The van der Waals surface area contributed by atoms with E-state index in [1.807, 2.05) is 19.9 Å². The molecule has 0 aliphatic carbocycles. The fourth-order valence-corrected chi connectivity index (χ4v) is 2.39. The Bertz CT molecular complexity index is 463. The lowest BCUT2D eigenvalue weighted by Crippen LogP contribution is -2.35. The molecule has 1 aromatic heterocycles. The van der Waals surface area contributed by atoms with E-state index in [0.717, 1.165) is 12.8 Å². The molecule has 96 valence electrons. The zero-order chi connectivity index (χ0) is 13.1. The molecule has 0 bridgehead atoms. The summed E-state index contributed by atoms with van der Waals surface area (Å²) in [6.07, 6.45) is 3.50. The van der Waals surface area contributed by atoms with Crippen molar-refractivity contribution >= 4 is 11.6 Å². The Balaban J connectivity index is 2.12. The van der Waals surface area contributed by atoms with Gasteiger partial charge in [0.2, 0.25) is 5.88 Å². The van der Waals surface area contributed by atoms with Gasteiger partial charge in [0.1, 0.15) is 17.2 Å². The highest BCUT2D eigenvalue weighted by atomic mass is 35.5. The molecular weight excluding hydrogens is 252 g/mol. The van der Waals surface area contributed by atoms with Crippen LogP contribution >= 0.6 is 11.6 Å². The minimum atomic E-state index is 0.0303. The lowest BCUT2D eigenvalue weighted by Gasteiger charge is -2.32. The molecule has 1 aromatic rings. The number of halogens is 1. The van der Waals surface area contributed by atoms with Crippen LogP contribution in [0.5, 0.6) is 5.88 Å². The molecule has 1 fully saturated rings. The first kappa shape index (κ1) is 13.1. The van der Waals surface area contributed by atoms with E-state index < -0.39 is 0 Å². The Morgan fingerprint density at radius 3 is 2.72 bits per heavy atom. The van der Waals surface area contributed by atoms with Gasteiger partial charge in [-0.3, -0.25) is 0 Å². The summed E-state index contributed by atoms with van der Waals surface area (Å²) in [6, 6.07) is 3.59. The van der Waals surface area contributed by atoms with Crippen molar-refractivity contribution in [1.29, 1.82) is 5.26 Å². The van der Waals surface area contributed by atoms with E-state index in [2.05, 4.69) is 4.98 Å². The Morgan fingerprint density at radius 1 is 1.44 bits per heavy atom. The number of nitriles is 1. The Labute approximate surface area is 111 Å². The van der Waals surface area contributed by atoms with E-state index in [-0.39, 0.29) is 23.3 Å². The van der Waals surface area contributed by atoms with Crippen molar-refractivity contribution in [2.45, 2.75) is 45.0 Å². The van der Waals surface area contributed by atoms with Crippen LogP contribution in [0.2, 0.25) is 5.02 Å². The van der Waals surface area contributed by atoms with Gasteiger partial charge in [0.05, 0.1) is 17.8 Å². The quantitative estimate of drug-likeness (QED) is 0.826. The molecule has 0 spiro atoms. The first-order valence-electron chi connectivity index (χ1n) is 5.97. The highest BCUT2D eigenvalue weighted by Crippen LogP contribution is 2.29. The Hall–Kier alpha value is -1.31. The van der Waals surface area contributed by atoms with Gasteiger partial charge in [-0.25, -0.2) is 4.98 Å². The molecule has 1 aliphatic rings. The molecule has 2 heterocycles. The summed E-state index contributed by atoms with van der Waals surface area (Å²) in [5, 5.41) is 9.18. The summed E-state index contributed by atoms with van der Waals surface area (Å²) < 4.78 is 11.4. The highest BCUT2D eigenvalue weighted by molar-refractivity contribution is 6.32. The summed E-state index contributed by atoms with van der Waals surface area (Å²) in [7, 11) is 0. The number of aromatic nitrogens is 1. The third-order valence-electron chi connectivity index (χ3n) is 2.91. The average Bonchev–Trinajstić information content (AvgIpc) is 2.30. The minimum absolute atomic E-state index is 0.0303. The lowest BCUT2D eigenvalue weighted by molar-refractivity contribution is -0.0729. The molecule has 0 N–H and O–H groups in total. The first-order valence-corrected chi connectivity index (χ1v) is 6.34. The lowest BCUT2D eigenvalue weighted by atomic mass is 10.0. The zero-order valence-corrected chi connectivity index (χ0v) is 11.1. The SMILES string of the molecule is CC1CC(Oc2nccc(C#N)c2Cl)CC(C)O1. The second-order valence-corrected chi connectivity index (χ2v) is 4.94. The van der Waals surface area contributed by atoms with Gasteiger partial charge in [0.15, 0.2) is 0 Å². The minimum Gasteiger partial charge on any atom is -0.473 e. The summed E-state index contributed by atoms with van der Waals surface area (Å²) >= 11 is 6.06. The fourth-order valence-electron chi connectivity index (χ4n) is 2.19. The predicted octanol–water partition coefficient (Wildman–Crippen LogP) is 2.94. The van der Waals surface area contributed by atoms with Gasteiger partial charge in [-0.15, -0.1) is 0 Å². The van der Waals surface area contributed by atoms with Crippen molar-refractivity contribution in [1.82, 2.24) is 4.98 Å². The van der Waals surface area contributed by atoms with Crippen LogP contribution in [0.1, 0.15) is 32.3 Å². The van der Waals surface area contributed by atoms with Crippen molar-refractivity contribution in [3.63, 3.8) is 0 Å². The number of ether oxygens (including phenoxy) is 2. The van der Waals surface area contributed by atoms with Crippen LogP contribution in [-0.4, -0.2) is 23.3 Å². The number of rotatable bonds is 2. The normalized spacial score (nSPS) is 27.6. The van der Waals surface area contributed by atoms with Crippen LogP contribution in [0, 0.1) is 11.3 Å². The third kappa shape index (κ3) is 2.92. The zero-order valence-electron chi connectivity index (χ0n) is 10.4. The van der Waals surface area contributed by atoms with Crippen molar-refractivity contribution in [3.8, 4) is 11.9 Å². The van der Waals surface area contributed by atoms with E-state index in [0.29, 0.717) is 11.4 Å². The number of pyridine rings is 1. The molecule has 0 aromatic carbocycles. The average molecular weight is 267 g/mol. The Morgan fingerprint density at radius 2 is 2.11 bits per heavy atom. The largest absolute Gasteiger partial charge is 0.473 e. The summed E-state index contributed by atoms with van der Waals surface area (Å²) in [4.78, 5) is 4.08. The molecule has 2 unspecified atom stereocenters. The van der Waals surface area contributed by atoms with E-state index in [9.17, 15) is 0 Å². The van der Waals surface area contributed by atoms with Gasteiger partial charge in [-0.1, -0.05) is 11.6 Å². The summed E-state index contributed by atoms with van der Waals surface area (Å²) in [5.41, 5.74) is 0.384. The monoisotopic (exact) mass is 266 g/mol. The van der Waals surface area contributed by atoms with Crippen molar-refractivity contribution in [2.75, 3.05) is 0 Å². The van der Waals surface area contributed by atoms with Gasteiger partial charge in [-0.2, -0.15) is 5.26 Å². The standard InChI is InChI=1S/C13H15ClN2O2/c1-8-5-11(6-9(2)17-8)18-13-12(14)10(7-15)3-4-16-13/h3-4,8-9,11H,5-6H2,1-2H3. The second-order valence-electron chi connectivity index (χ2n) is 4.56. The van der Waals surface area contributed by atoms with E-state index in [4.69, 9.17) is 26.3 Å². The van der Waals surface area contributed by atoms with Gasteiger partial charge >= 0.3 is 0 Å². The van der Waals surface area contributed by atoms with E-state index >= 15 is 0 Å². The van der Waals surface area contributed by atoms with Crippen molar-refractivity contribution in [3.05, 3.63) is 22.8 Å². The number of hydrogen-bond donors (Lipinski definition) is 0. The maximum Gasteiger partial charge on any atom is 0.234 e. The molecular formula is C13H15ClN2O2. The van der Waals surface area contributed by atoms with Crippen LogP contribution in [0.15, 0.2) is 12.3 Å². The van der Waals surface area contributed by atoms with Crippen molar-refractivity contribution in [2.24, 2.45) is 0 Å². The van der Waals surface area contributed by atoms with Crippen LogP contribution in [-0.2, 0) is 4.74 Å². The molecule has 18 heavy (non-hydrogen) atoms. The number of hydrogen-bond acceptors (Lipinski definition) is 4. The molecule has 5 heteroatoms. The molecule has 0 amide bonds. The summed E-state index contributed by atoms with van der Waals surface area (Å²) in [6.45, 7) is 4.04. The predicted molar refractivity (Wildman–Crippen MR) is 67.6 cm³/mol. The van der Waals surface area contributed by atoms with Crippen LogP contribution in [0.3, 0.4) is 0 Å². The smallest absolute Gasteiger partial charge is 0.234 e. The highest BCUT2D eigenvalue weighted by Gasteiger charge is 2.26. The second kappa shape index (κ2) is 5.55. The first-order chi connectivity index (χ1) is 8.60. The maximum absolute atomic E-state index is 8.90. The van der Waals surface area contributed by atoms with Crippen LogP contribution < -0.4 is 4.74 Å².